The van der Waals surface area contributed by atoms with E-state index in [2.05, 4.69) is 5.32 Å². The summed E-state index contributed by atoms with van der Waals surface area (Å²) in [6.45, 7) is 1.18. The maximum atomic E-state index is 12.3. The molecule has 3 rings (SSSR count). The normalized spacial score (nSPS) is 15.7. The molecular weight excluding hydrogens is 356 g/mol. The van der Waals surface area contributed by atoms with Crippen molar-refractivity contribution in [1.82, 2.24) is 10.2 Å². The van der Waals surface area contributed by atoms with Crippen molar-refractivity contribution < 1.29 is 33.4 Å². The maximum Gasteiger partial charge on any atom is 0.324 e. The Morgan fingerprint density at radius 1 is 1.11 bits per heavy atom. The van der Waals surface area contributed by atoms with Gasteiger partial charge in [0.15, 0.2) is 23.9 Å². The van der Waals surface area contributed by atoms with Gasteiger partial charge in [-0.25, -0.2) is 4.79 Å². The Hall–Kier alpha value is -3.10. The lowest BCUT2D eigenvalue weighted by Crippen LogP contribution is -2.37. The Morgan fingerprint density at radius 3 is 2.63 bits per heavy atom. The summed E-state index contributed by atoms with van der Waals surface area (Å²) in [4.78, 5) is 48.2. The molecule has 9 nitrogen and oxygen atoms in total. The van der Waals surface area contributed by atoms with Crippen LogP contribution in [0.1, 0.15) is 29.6 Å². The van der Waals surface area contributed by atoms with Gasteiger partial charge in [0.2, 0.25) is 0 Å². The molecule has 27 heavy (non-hydrogen) atoms. The molecule has 0 saturated carbocycles. The molecule has 0 aromatic heterocycles. The number of esters is 1. The number of amides is 3. The number of hydrogen-bond donors (Lipinski definition) is 1. The first-order valence-electron chi connectivity index (χ1n) is 8.71. The van der Waals surface area contributed by atoms with E-state index < -0.39 is 24.5 Å². The van der Waals surface area contributed by atoms with E-state index in [0.717, 1.165) is 11.3 Å². The molecule has 9 heteroatoms. The lowest BCUT2D eigenvalue weighted by atomic mass is 10.1. The molecule has 1 aromatic carbocycles. The van der Waals surface area contributed by atoms with Crippen LogP contribution in [-0.4, -0.2) is 61.5 Å². The number of fused-ring (bicyclic) bond motifs is 1. The molecule has 2 aliphatic heterocycles. The largest absolute Gasteiger partial charge is 0.490 e. The van der Waals surface area contributed by atoms with E-state index in [-0.39, 0.29) is 25.2 Å². The zero-order valence-corrected chi connectivity index (χ0v) is 14.7. The average Bonchev–Trinajstić information content (AvgIpc) is 2.96. The molecule has 0 radical (unpaired) electrons. The van der Waals surface area contributed by atoms with Crippen molar-refractivity contribution in [3.05, 3.63) is 23.8 Å². The first kappa shape index (κ1) is 18.7. The van der Waals surface area contributed by atoms with Crippen LogP contribution in [0.3, 0.4) is 0 Å². The van der Waals surface area contributed by atoms with Crippen LogP contribution in [0.5, 0.6) is 11.5 Å². The van der Waals surface area contributed by atoms with E-state index in [9.17, 15) is 19.2 Å². The van der Waals surface area contributed by atoms with E-state index in [0.29, 0.717) is 36.8 Å². The summed E-state index contributed by atoms with van der Waals surface area (Å²) < 4.78 is 15.9. The standard InChI is InChI=1S/C18H20N2O7/c21-13(12-2-4-14-15(10-12)26-9-1-8-25-14)3-5-17(23)27-11-16(22)20-7-6-19-18(20)24/h2,4,10H,1,3,5-9,11H2,(H,19,24). The van der Waals surface area contributed by atoms with Crippen molar-refractivity contribution in [1.29, 1.82) is 0 Å². The Labute approximate surface area is 155 Å². The maximum absolute atomic E-state index is 12.3. The quantitative estimate of drug-likeness (QED) is 0.580. The van der Waals surface area contributed by atoms with Gasteiger partial charge in [0.05, 0.1) is 19.6 Å². The lowest BCUT2D eigenvalue weighted by Gasteiger charge is -2.12. The summed E-state index contributed by atoms with van der Waals surface area (Å²) in [6, 6.07) is 4.40. The van der Waals surface area contributed by atoms with E-state index in [4.69, 9.17) is 14.2 Å². The molecule has 3 amide bonds. The molecule has 0 bridgehead atoms. The highest BCUT2D eigenvalue weighted by Gasteiger charge is 2.26. The predicted octanol–water partition coefficient (Wildman–Crippen LogP) is 0.906. The van der Waals surface area contributed by atoms with E-state index in [1.807, 2.05) is 0 Å². The monoisotopic (exact) mass is 376 g/mol. The first-order chi connectivity index (χ1) is 13.0. The summed E-state index contributed by atoms with van der Waals surface area (Å²) >= 11 is 0. The van der Waals surface area contributed by atoms with Gasteiger partial charge in [-0.3, -0.25) is 19.3 Å². The van der Waals surface area contributed by atoms with Crippen molar-refractivity contribution in [2.24, 2.45) is 0 Å². The highest BCUT2D eigenvalue weighted by Crippen LogP contribution is 2.30. The summed E-state index contributed by atoms with van der Waals surface area (Å²) in [5, 5.41) is 2.48. The molecule has 2 aliphatic rings. The van der Waals surface area contributed by atoms with Gasteiger partial charge in [0.1, 0.15) is 0 Å². The smallest absolute Gasteiger partial charge is 0.324 e. The van der Waals surface area contributed by atoms with Gasteiger partial charge in [-0.1, -0.05) is 0 Å². The fraction of sp³-hybridized carbons (Fsp3) is 0.444. The Bertz CT molecular complexity index is 762. The third-order valence-electron chi connectivity index (χ3n) is 4.14. The molecule has 0 spiro atoms. The van der Waals surface area contributed by atoms with E-state index >= 15 is 0 Å². The van der Waals surface area contributed by atoms with E-state index in [1.54, 1.807) is 18.2 Å². The summed E-state index contributed by atoms with van der Waals surface area (Å²) in [5.74, 6) is -0.408. The molecule has 2 heterocycles. The van der Waals surface area contributed by atoms with Gasteiger partial charge in [-0.15, -0.1) is 0 Å². The number of hydrogen-bond acceptors (Lipinski definition) is 7. The van der Waals surface area contributed by atoms with Gasteiger partial charge >= 0.3 is 12.0 Å². The second kappa shape index (κ2) is 8.52. The molecule has 1 N–H and O–H groups in total. The molecule has 0 unspecified atom stereocenters. The van der Waals surface area contributed by atoms with Crippen LogP contribution in [0.25, 0.3) is 0 Å². The Balaban J connectivity index is 1.46. The molecule has 0 aliphatic carbocycles. The SMILES string of the molecule is O=C(CCC(=O)c1ccc2c(c1)OCCCO2)OCC(=O)N1CCNC1=O. The van der Waals surface area contributed by atoms with Gasteiger partial charge in [0.25, 0.3) is 5.91 Å². The number of benzene rings is 1. The van der Waals surface area contributed by atoms with Crippen LogP contribution in [0.4, 0.5) is 4.79 Å². The lowest BCUT2D eigenvalue weighted by molar-refractivity contribution is -0.150. The number of imide groups is 1. The fourth-order valence-electron chi connectivity index (χ4n) is 2.70. The minimum absolute atomic E-state index is 0.0587. The van der Waals surface area contributed by atoms with Gasteiger partial charge in [0, 0.05) is 31.5 Å². The number of ketones is 1. The molecular formula is C18H20N2O7. The van der Waals surface area contributed by atoms with Crippen molar-refractivity contribution in [3.8, 4) is 11.5 Å². The van der Waals surface area contributed by atoms with Crippen LogP contribution in [0, 0.1) is 0 Å². The van der Waals surface area contributed by atoms with Crippen LogP contribution in [0.15, 0.2) is 18.2 Å². The van der Waals surface area contributed by atoms with Gasteiger partial charge < -0.3 is 19.5 Å². The number of Topliss-reactive ketones (excluding diaryl/α,β-unsaturated/α-hetero) is 1. The van der Waals surface area contributed by atoms with Crippen molar-refractivity contribution in [2.75, 3.05) is 32.9 Å². The number of rotatable bonds is 6. The number of ether oxygens (including phenoxy) is 3. The number of carbonyl (C=O) groups is 4. The first-order valence-corrected chi connectivity index (χ1v) is 8.71. The number of nitrogens with one attached hydrogen (secondary N) is 1. The van der Waals surface area contributed by atoms with Crippen LogP contribution >= 0.6 is 0 Å². The van der Waals surface area contributed by atoms with Crippen molar-refractivity contribution >= 4 is 23.7 Å². The number of urea groups is 1. The zero-order chi connectivity index (χ0) is 19.2. The molecule has 0 atom stereocenters. The number of carbonyl (C=O) groups excluding carboxylic acids is 4. The minimum Gasteiger partial charge on any atom is -0.490 e. The van der Waals surface area contributed by atoms with Crippen molar-refractivity contribution in [2.45, 2.75) is 19.3 Å². The van der Waals surface area contributed by atoms with Crippen molar-refractivity contribution in [3.63, 3.8) is 0 Å². The number of nitrogens with zero attached hydrogens (tertiary/aromatic N) is 1. The highest BCUT2D eigenvalue weighted by molar-refractivity contribution is 5.99. The second-order valence-electron chi connectivity index (χ2n) is 6.07. The minimum atomic E-state index is -0.675. The topological polar surface area (TPSA) is 111 Å². The van der Waals surface area contributed by atoms with Crippen LogP contribution in [-0.2, 0) is 14.3 Å². The molecule has 1 saturated heterocycles. The Morgan fingerprint density at radius 2 is 1.89 bits per heavy atom. The Kier molecular flexibility index (Phi) is 5.90. The molecule has 1 fully saturated rings. The third kappa shape index (κ3) is 4.75. The van der Waals surface area contributed by atoms with Gasteiger partial charge in [-0.2, -0.15) is 0 Å². The second-order valence-corrected chi connectivity index (χ2v) is 6.07. The van der Waals surface area contributed by atoms with Gasteiger partial charge in [-0.05, 0) is 18.2 Å². The summed E-state index contributed by atoms with van der Waals surface area (Å²) in [6.07, 6.45) is 0.547. The fourth-order valence-corrected chi connectivity index (χ4v) is 2.70. The average molecular weight is 376 g/mol. The third-order valence-corrected chi connectivity index (χ3v) is 4.14. The summed E-state index contributed by atoms with van der Waals surface area (Å²) in [7, 11) is 0. The predicted molar refractivity (Wildman–Crippen MR) is 91.7 cm³/mol. The highest BCUT2D eigenvalue weighted by atomic mass is 16.5. The summed E-state index contributed by atoms with van der Waals surface area (Å²) in [5.41, 5.74) is 0.414. The molecule has 1 aromatic rings. The van der Waals surface area contributed by atoms with Crippen LogP contribution in [0.2, 0.25) is 0 Å². The zero-order valence-electron chi connectivity index (χ0n) is 14.7. The van der Waals surface area contributed by atoms with E-state index in [1.165, 1.54) is 0 Å². The molecule has 144 valence electrons. The van der Waals surface area contributed by atoms with Crippen LogP contribution < -0.4 is 14.8 Å².